The first kappa shape index (κ1) is 98.5. The second-order valence-electron chi connectivity index (χ2n) is 33.8. The maximum atomic E-state index is 13.5. The highest BCUT2D eigenvalue weighted by atomic mass is 79.9. The molecule has 31 heteroatoms. The predicted molar refractivity (Wildman–Crippen MR) is 531 cm³/mol. The number of H-pyrrole nitrogens is 6. The van der Waals surface area contributed by atoms with Crippen LogP contribution in [0.25, 0.3) is 110 Å². The number of aromatic carboxylic acids is 4. The molecule has 0 bridgehead atoms. The molecule has 10 aromatic heterocycles. The Morgan fingerprint density at radius 3 is 0.964 bits per heavy atom. The van der Waals surface area contributed by atoms with Gasteiger partial charge in [0.15, 0.2) is 23.0 Å². The van der Waals surface area contributed by atoms with E-state index in [4.69, 9.17) is 33.0 Å². The summed E-state index contributed by atoms with van der Waals surface area (Å²) in [7, 11) is 0. The van der Waals surface area contributed by atoms with Crippen molar-refractivity contribution in [3.8, 4) is 67.5 Å². The van der Waals surface area contributed by atoms with E-state index in [9.17, 15) is 84.3 Å². The Balaban J connectivity index is 0.000000141. The monoisotopic (exact) mass is 1960 g/mol. The van der Waals surface area contributed by atoms with Crippen LogP contribution in [0.3, 0.4) is 0 Å². The first-order valence-corrected chi connectivity index (χ1v) is 46.6. The van der Waals surface area contributed by atoms with Gasteiger partial charge < -0.3 is 109 Å². The highest BCUT2D eigenvalue weighted by Gasteiger charge is 2.37. The molecule has 0 saturated heterocycles. The third kappa shape index (κ3) is 20.9. The van der Waals surface area contributed by atoms with Crippen LogP contribution in [0.1, 0.15) is 226 Å². The van der Waals surface area contributed by atoms with Crippen molar-refractivity contribution in [2.75, 3.05) is 26.4 Å². The lowest BCUT2D eigenvalue weighted by Gasteiger charge is -2.04. The SMILES string of the molecule is C/C(=C\Cc1cccc2c(C(=O)c3oc(C(=O)O)c(-c4c[nH]c5ccc(Br)cc45)c3O)c[nH]c12)CO.O=C(O)c1oc(C(=O)c2c[nH]c3c(CCCCCCCO)cccc23)c(O)c1-c1c[nH]c2ccccc12.O=C(O)c1oc(C(=O)c2c[nH]c3c(CCCCCCCO)cccc23)c(O)c1-c1ccccc1.O=C(O)c1oc(C(=O)c2c[nH]c3c(CCCCCCO)cccc23)c(O)c1-c1ccccc1. The highest BCUT2D eigenvalue weighted by molar-refractivity contribution is 9.10. The lowest BCUT2D eigenvalue weighted by molar-refractivity contribution is 0.0650. The number of aromatic nitrogens is 6. The number of carboxylic acid groups (broad SMARTS) is 4. The number of furan rings is 4. The van der Waals surface area contributed by atoms with Crippen LogP contribution >= 0.6 is 15.9 Å². The molecule has 140 heavy (non-hydrogen) atoms. The summed E-state index contributed by atoms with van der Waals surface area (Å²) in [6, 6.07) is 52.3. The van der Waals surface area contributed by atoms with Crippen molar-refractivity contribution in [1.29, 1.82) is 0 Å². The smallest absolute Gasteiger partial charge is 0.372 e. The third-order valence-corrected chi connectivity index (χ3v) is 25.2. The van der Waals surface area contributed by atoms with E-state index < -0.39 is 116 Å². The number of aromatic amines is 6. The molecule has 0 aliphatic heterocycles. The van der Waals surface area contributed by atoms with Gasteiger partial charge in [0.25, 0.3) is 0 Å². The average molecular weight is 1960 g/mol. The number of carbonyl (C=O) groups excluding carboxylic acids is 4. The zero-order valence-corrected chi connectivity index (χ0v) is 77.6. The van der Waals surface area contributed by atoms with E-state index in [1.807, 2.05) is 110 Å². The number of hydrogen-bond acceptors (Lipinski definition) is 20. The Morgan fingerprint density at radius 1 is 0.307 bits per heavy atom. The van der Waals surface area contributed by atoms with Gasteiger partial charge in [0, 0.05) is 138 Å². The van der Waals surface area contributed by atoms with Crippen LogP contribution in [0, 0.1) is 0 Å². The molecule has 18 aromatic rings. The zero-order valence-electron chi connectivity index (χ0n) is 76.0. The molecule has 18 N–H and O–H groups in total. The number of benzene rings is 8. The number of unbranched alkanes of at least 4 members (excludes halogenated alkanes) is 11. The van der Waals surface area contributed by atoms with Crippen molar-refractivity contribution < 1.29 is 117 Å². The van der Waals surface area contributed by atoms with Crippen molar-refractivity contribution in [3.05, 3.63) is 320 Å². The van der Waals surface area contributed by atoms with Crippen molar-refractivity contribution in [1.82, 2.24) is 29.9 Å². The van der Waals surface area contributed by atoms with Gasteiger partial charge in [0.05, 0.1) is 51.1 Å². The zero-order chi connectivity index (χ0) is 99.0. The lowest BCUT2D eigenvalue weighted by atomic mass is 9.99. The number of allylic oxidation sites excluding steroid dienone is 1. The number of aryl methyl sites for hydroxylation is 3. The second kappa shape index (κ2) is 44.8. The van der Waals surface area contributed by atoms with Gasteiger partial charge in [-0.05, 0) is 129 Å². The molecule has 0 aliphatic carbocycles. The van der Waals surface area contributed by atoms with Crippen LogP contribution < -0.4 is 0 Å². The first-order chi connectivity index (χ1) is 67.9. The van der Waals surface area contributed by atoms with Crippen molar-refractivity contribution in [2.45, 2.75) is 122 Å². The quantitative estimate of drug-likeness (QED) is 0.00966. The van der Waals surface area contributed by atoms with Gasteiger partial charge in [-0.2, -0.15) is 0 Å². The van der Waals surface area contributed by atoms with E-state index in [1.54, 1.807) is 110 Å². The standard InChI is InChI=1S/C29H28N2O6.C27H21BrN2O6.C27H27NO6.C26H25NO6/c32-14-7-3-1-2-4-9-17-10-8-12-19-21(16-31-24(17)19)25(33)28-26(34)23(27(37-28)29(35)36)20-15-30-22-13-6-5-11-18(20)22;1-13(12-31)5-6-14-3-2-4-16-19(11-30-22(14)16)23(32)26-24(33)21(25(36-26)27(34)35)18-10-29-20-8-7-15(28)9-17(18)20;29-15-8-3-1-2-5-12-18-13-9-14-19-20(16-28-22(18)19)23(30)26-24(31)21(25(34-26)27(32)33)17-10-6-4-7-11-17;28-14-7-2-1-4-11-17-12-8-13-18-19(15-27-21(17)18)22(29)25-23(30)20(24(33-25)26(31)32)16-9-5-3-6-10-16/h5-6,8,10-13,15-16,30-32,34H,1-4,7,9,14H2,(H,35,36);2-5,7-11,29-31,33H,6,12H2,1H3,(H,34,35);4,6-7,9-11,13-14,16,28-29,31H,1-3,5,8,12,15H2,(H,32,33);3,5-6,8-10,12-13,15,27-28,30H,1-2,4,7,11,14H2,(H,31,32)/b;13-5+;;. The topological polar surface area (TPSA) is 527 Å². The molecule has 0 saturated carbocycles. The Bertz CT molecular complexity index is 7650. The van der Waals surface area contributed by atoms with E-state index in [0.29, 0.717) is 77.7 Å². The van der Waals surface area contributed by atoms with Gasteiger partial charge in [0.1, 0.15) is 0 Å². The number of hydrogen-bond donors (Lipinski definition) is 18. The van der Waals surface area contributed by atoms with Crippen molar-refractivity contribution in [2.24, 2.45) is 0 Å². The number of rotatable bonds is 39. The van der Waals surface area contributed by atoms with Gasteiger partial charge in [0.2, 0.25) is 69.2 Å². The number of carbonyl (C=O) groups is 8. The number of aliphatic hydroxyl groups is 4. The summed E-state index contributed by atoms with van der Waals surface area (Å²) in [5.41, 5.74) is 12.4. The van der Waals surface area contributed by atoms with Gasteiger partial charge in [-0.15, -0.1) is 0 Å². The van der Waals surface area contributed by atoms with Crippen LogP contribution in [0.15, 0.2) is 247 Å². The first-order valence-electron chi connectivity index (χ1n) is 45.8. The fraction of sp³-hybridized carbons (Fsp3) is 0.211. The van der Waals surface area contributed by atoms with Crippen molar-refractivity contribution >= 4 is 128 Å². The van der Waals surface area contributed by atoms with E-state index in [1.165, 1.54) is 6.20 Å². The predicted octanol–water partition coefficient (Wildman–Crippen LogP) is 22.5. The molecule has 0 spiro atoms. The van der Waals surface area contributed by atoms with Gasteiger partial charge >= 0.3 is 23.9 Å². The van der Waals surface area contributed by atoms with Crippen LogP contribution in [0.2, 0.25) is 0 Å². The molecule has 0 aliphatic rings. The summed E-state index contributed by atoms with van der Waals surface area (Å²) in [6.45, 7) is 2.44. The summed E-state index contributed by atoms with van der Waals surface area (Å²) in [5, 5.41) is 123. The molecule has 0 radical (unpaired) electrons. The molecule has 18 rings (SSSR count). The molecular weight excluding hydrogens is 1860 g/mol. The van der Waals surface area contributed by atoms with E-state index in [2.05, 4.69) is 45.8 Å². The normalized spacial score (nSPS) is 11.5. The molecule has 10 heterocycles. The molecule has 8 aromatic carbocycles. The number of nitrogens with one attached hydrogen (secondary N) is 6. The number of aromatic hydroxyl groups is 4. The van der Waals surface area contributed by atoms with Crippen LogP contribution in [-0.2, 0) is 25.7 Å². The maximum absolute atomic E-state index is 13.5. The summed E-state index contributed by atoms with van der Waals surface area (Å²) in [4.78, 5) is 120. The van der Waals surface area contributed by atoms with Gasteiger partial charge in [-0.1, -0.05) is 231 Å². The molecule has 718 valence electrons. The minimum absolute atomic E-state index is 0.0156. The molecular formula is C109H101BrN6O24. The fourth-order valence-electron chi connectivity index (χ4n) is 17.7. The highest BCUT2D eigenvalue weighted by Crippen LogP contribution is 2.48. The van der Waals surface area contributed by atoms with Crippen LogP contribution in [0.5, 0.6) is 23.0 Å². The van der Waals surface area contributed by atoms with Gasteiger partial charge in [-0.3, -0.25) is 19.2 Å². The molecule has 0 atom stereocenters. The number of carboxylic acids is 4. The van der Waals surface area contributed by atoms with Gasteiger partial charge in [-0.25, -0.2) is 19.2 Å². The summed E-state index contributed by atoms with van der Waals surface area (Å²) >= 11 is 3.41. The van der Waals surface area contributed by atoms with Crippen LogP contribution in [-0.4, -0.2) is 165 Å². The van der Waals surface area contributed by atoms with E-state index in [-0.39, 0.29) is 54.2 Å². The number of fused-ring (bicyclic) bond motifs is 6. The molecule has 0 amide bonds. The lowest BCUT2D eigenvalue weighted by Crippen LogP contribution is -2.00. The molecule has 0 unspecified atom stereocenters. The summed E-state index contributed by atoms with van der Waals surface area (Å²) < 4.78 is 22.6. The molecule has 30 nitrogen and oxygen atoms in total. The summed E-state index contributed by atoms with van der Waals surface area (Å²) in [6.07, 6.45) is 28.0. The fourth-order valence-corrected chi connectivity index (χ4v) is 18.0. The Kier molecular flexibility index (Phi) is 31.5. The largest absolute Gasteiger partial charge is 0.504 e. The van der Waals surface area contributed by atoms with E-state index in [0.717, 1.165) is 175 Å². The Morgan fingerprint density at radius 2 is 0.607 bits per heavy atom. The number of para-hydroxylation sites is 5. The minimum Gasteiger partial charge on any atom is -0.504 e. The number of ketones is 4. The Hall–Kier alpha value is -16.1. The maximum Gasteiger partial charge on any atom is 0.372 e. The molecule has 0 fully saturated rings. The average Bonchev–Trinajstić information content (AvgIpc) is 1.61. The number of halogens is 1. The van der Waals surface area contributed by atoms with Crippen LogP contribution in [0.4, 0.5) is 0 Å². The second-order valence-corrected chi connectivity index (χ2v) is 34.7. The van der Waals surface area contributed by atoms with Crippen molar-refractivity contribution in [3.63, 3.8) is 0 Å². The Labute approximate surface area is 807 Å². The summed E-state index contributed by atoms with van der Waals surface area (Å²) in [5.74, 6) is -13.6. The third-order valence-electron chi connectivity index (χ3n) is 24.7. The van der Waals surface area contributed by atoms with E-state index >= 15 is 0 Å². The number of aliphatic hydroxyl groups excluding tert-OH is 4. The minimum atomic E-state index is -1.41.